The fourth-order valence-corrected chi connectivity index (χ4v) is 4.81. The van der Waals surface area contributed by atoms with Crippen molar-refractivity contribution in [2.45, 2.75) is 37.5 Å². The molecule has 0 bridgehead atoms. The summed E-state index contributed by atoms with van der Waals surface area (Å²) < 4.78 is 32.4. The maximum Gasteiger partial charge on any atom is 0.243 e. The molecule has 1 amide bonds. The molecule has 2 aromatic carbocycles. The highest BCUT2D eigenvalue weighted by Crippen LogP contribution is 2.23. The Morgan fingerprint density at radius 1 is 1.07 bits per heavy atom. The van der Waals surface area contributed by atoms with Gasteiger partial charge in [-0.25, -0.2) is 8.42 Å². The Morgan fingerprint density at radius 2 is 1.77 bits per heavy atom. The molecule has 1 N–H and O–H groups in total. The third-order valence-electron chi connectivity index (χ3n) is 4.90. The van der Waals surface area contributed by atoms with Crippen molar-refractivity contribution in [3.05, 3.63) is 54.1 Å². The van der Waals surface area contributed by atoms with E-state index in [1.54, 1.807) is 42.5 Å². The van der Waals surface area contributed by atoms with Crippen LogP contribution in [0.4, 0.5) is 5.69 Å². The van der Waals surface area contributed by atoms with Gasteiger partial charge in [-0.1, -0.05) is 6.07 Å². The normalized spacial score (nSPS) is 14.4. The minimum Gasteiger partial charge on any atom is -0.494 e. The van der Waals surface area contributed by atoms with Gasteiger partial charge in [0.25, 0.3) is 0 Å². The van der Waals surface area contributed by atoms with E-state index in [4.69, 9.17) is 4.74 Å². The largest absolute Gasteiger partial charge is 0.494 e. The molecule has 30 heavy (non-hydrogen) atoms. The van der Waals surface area contributed by atoms with Crippen molar-refractivity contribution in [3.8, 4) is 5.75 Å². The molecule has 0 saturated carbocycles. The van der Waals surface area contributed by atoms with Gasteiger partial charge >= 0.3 is 0 Å². The third kappa shape index (κ3) is 5.67. The molecule has 3 rings (SSSR count). The summed E-state index contributed by atoms with van der Waals surface area (Å²) in [7, 11) is -3.52. The molecule has 1 heterocycles. The van der Waals surface area contributed by atoms with Gasteiger partial charge in [0.1, 0.15) is 5.75 Å². The van der Waals surface area contributed by atoms with E-state index in [0.717, 1.165) is 12.8 Å². The Labute approximate surface area is 177 Å². The molecule has 0 spiro atoms. The third-order valence-corrected chi connectivity index (χ3v) is 6.79. The molecule has 0 atom stereocenters. The number of hydrogen-bond donors (Lipinski definition) is 1. The Hall–Kier alpha value is -2.71. The van der Waals surface area contributed by atoms with Crippen molar-refractivity contribution in [3.63, 3.8) is 0 Å². The highest BCUT2D eigenvalue weighted by Gasteiger charge is 2.27. The molecule has 1 aliphatic heterocycles. The van der Waals surface area contributed by atoms with E-state index in [1.807, 2.05) is 0 Å². The van der Waals surface area contributed by atoms with Crippen LogP contribution in [0, 0.1) is 0 Å². The zero-order valence-electron chi connectivity index (χ0n) is 17.0. The molecular formula is C22H26N2O5S. The van der Waals surface area contributed by atoms with Crippen LogP contribution in [0.15, 0.2) is 53.4 Å². The van der Waals surface area contributed by atoms with Crippen molar-refractivity contribution in [1.82, 2.24) is 4.31 Å². The van der Waals surface area contributed by atoms with Crippen molar-refractivity contribution in [1.29, 1.82) is 0 Å². The lowest BCUT2D eigenvalue weighted by molar-refractivity contribution is -0.116. The summed E-state index contributed by atoms with van der Waals surface area (Å²) in [6.45, 7) is 2.94. The standard InChI is InChI=1S/C22H26N2O5S/c1-17(25)18-9-11-20(12-10-18)29-15-5-8-22(26)23-19-6-4-7-21(16-19)30(27,28)24-13-2-3-14-24/h4,6-7,9-12,16H,2-3,5,8,13-15H2,1H3,(H,23,26). The molecule has 7 nitrogen and oxygen atoms in total. The van der Waals surface area contributed by atoms with Crippen LogP contribution in [-0.4, -0.2) is 44.1 Å². The van der Waals surface area contributed by atoms with E-state index in [2.05, 4.69) is 5.32 Å². The van der Waals surface area contributed by atoms with Gasteiger partial charge in [-0.3, -0.25) is 9.59 Å². The first-order valence-electron chi connectivity index (χ1n) is 10.00. The number of anilines is 1. The molecule has 1 fully saturated rings. The monoisotopic (exact) mass is 430 g/mol. The van der Waals surface area contributed by atoms with Crippen LogP contribution >= 0.6 is 0 Å². The van der Waals surface area contributed by atoms with E-state index in [-0.39, 0.29) is 23.0 Å². The van der Waals surface area contributed by atoms with Gasteiger partial charge in [-0.05, 0) is 68.7 Å². The minimum atomic E-state index is -3.52. The Bertz CT molecular complexity index is 996. The van der Waals surface area contributed by atoms with Gasteiger partial charge in [0, 0.05) is 30.8 Å². The maximum absolute atomic E-state index is 12.7. The summed E-state index contributed by atoms with van der Waals surface area (Å²) >= 11 is 0. The molecule has 8 heteroatoms. The summed E-state index contributed by atoms with van der Waals surface area (Å²) in [6, 6.07) is 13.2. The Kier molecular flexibility index (Phi) is 7.23. The average molecular weight is 431 g/mol. The predicted molar refractivity (Wildman–Crippen MR) is 114 cm³/mol. The van der Waals surface area contributed by atoms with Gasteiger partial charge < -0.3 is 10.1 Å². The summed E-state index contributed by atoms with van der Waals surface area (Å²) in [5.74, 6) is 0.428. The lowest BCUT2D eigenvalue weighted by Gasteiger charge is -2.16. The number of benzene rings is 2. The summed E-state index contributed by atoms with van der Waals surface area (Å²) in [4.78, 5) is 23.7. The second-order valence-corrected chi connectivity index (χ2v) is 9.16. The molecular weight excluding hydrogens is 404 g/mol. The lowest BCUT2D eigenvalue weighted by Crippen LogP contribution is -2.27. The number of carbonyl (C=O) groups excluding carboxylic acids is 2. The van der Waals surface area contributed by atoms with Gasteiger partial charge in [0.05, 0.1) is 11.5 Å². The Balaban J connectivity index is 1.47. The number of nitrogens with one attached hydrogen (secondary N) is 1. The van der Waals surface area contributed by atoms with Crippen molar-refractivity contribution < 1.29 is 22.7 Å². The van der Waals surface area contributed by atoms with Gasteiger partial charge in [0.2, 0.25) is 15.9 Å². The van der Waals surface area contributed by atoms with Crippen LogP contribution in [-0.2, 0) is 14.8 Å². The number of Topliss-reactive ketones (excluding diaryl/α,β-unsaturated/α-hetero) is 1. The summed E-state index contributed by atoms with van der Waals surface area (Å²) in [6.07, 6.45) is 2.50. The van der Waals surface area contributed by atoms with Gasteiger partial charge in [-0.2, -0.15) is 4.31 Å². The van der Waals surface area contributed by atoms with Crippen molar-refractivity contribution in [2.75, 3.05) is 25.0 Å². The topological polar surface area (TPSA) is 92.8 Å². The Morgan fingerprint density at radius 3 is 2.43 bits per heavy atom. The highest BCUT2D eigenvalue weighted by molar-refractivity contribution is 7.89. The van der Waals surface area contributed by atoms with E-state index >= 15 is 0 Å². The second kappa shape index (κ2) is 9.86. The minimum absolute atomic E-state index is 0.00415. The fourth-order valence-electron chi connectivity index (χ4n) is 3.24. The first-order valence-corrected chi connectivity index (χ1v) is 11.4. The molecule has 1 aliphatic rings. The number of hydrogen-bond acceptors (Lipinski definition) is 5. The molecule has 0 radical (unpaired) electrons. The predicted octanol–water partition coefficient (Wildman–Crippen LogP) is 3.47. The van der Waals surface area contributed by atoms with Crippen LogP contribution in [0.1, 0.15) is 43.0 Å². The maximum atomic E-state index is 12.7. The first kappa shape index (κ1) is 22.0. The number of ketones is 1. The zero-order valence-corrected chi connectivity index (χ0v) is 17.8. The fraction of sp³-hybridized carbons (Fsp3) is 0.364. The summed E-state index contributed by atoms with van der Waals surface area (Å²) in [5, 5.41) is 2.75. The highest BCUT2D eigenvalue weighted by atomic mass is 32.2. The average Bonchev–Trinajstić information content (AvgIpc) is 3.27. The van der Waals surface area contributed by atoms with Crippen LogP contribution in [0.3, 0.4) is 0 Å². The molecule has 1 saturated heterocycles. The van der Waals surface area contributed by atoms with E-state index in [9.17, 15) is 18.0 Å². The SMILES string of the molecule is CC(=O)c1ccc(OCCCC(=O)Nc2cccc(S(=O)(=O)N3CCCC3)c2)cc1. The number of amides is 1. The number of sulfonamides is 1. The van der Waals surface area contributed by atoms with Crippen LogP contribution in [0.2, 0.25) is 0 Å². The number of carbonyl (C=O) groups is 2. The number of nitrogens with zero attached hydrogens (tertiary/aromatic N) is 1. The lowest BCUT2D eigenvalue weighted by atomic mass is 10.1. The van der Waals surface area contributed by atoms with Gasteiger partial charge in [-0.15, -0.1) is 0 Å². The molecule has 0 aromatic heterocycles. The van der Waals surface area contributed by atoms with E-state index in [0.29, 0.717) is 43.1 Å². The summed E-state index contributed by atoms with van der Waals surface area (Å²) in [5.41, 5.74) is 1.08. The molecule has 2 aromatic rings. The quantitative estimate of drug-likeness (QED) is 0.486. The van der Waals surface area contributed by atoms with Crippen molar-refractivity contribution >= 4 is 27.4 Å². The number of rotatable bonds is 9. The van der Waals surface area contributed by atoms with Crippen LogP contribution < -0.4 is 10.1 Å². The number of ether oxygens (including phenoxy) is 1. The molecule has 160 valence electrons. The van der Waals surface area contributed by atoms with E-state index in [1.165, 1.54) is 17.3 Å². The van der Waals surface area contributed by atoms with Gasteiger partial charge in [0.15, 0.2) is 5.78 Å². The van der Waals surface area contributed by atoms with Crippen LogP contribution in [0.25, 0.3) is 0 Å². The first-order chi connectivity index (χ1) is 14.4. The smallest absolute Gasteiger partial charge is 0.243 e. The molecule has 0 unspecified atom stereocenters. The second-order valence-electron chi connectivity index (χ2n) is 7.22. The zero-order chi connectivity index (χ0) is 21.6. The van der Waals surface area contributed by atoms with E-state index < -0.39 is 10.0 Å². The van der Waals surface area contributed by atoms with Crippen LogP contribution in [0.5, 0.6) is 5.75 Å². The molecule has 0 aliphatic carbocycles. The van der Waals surface area contributed by atoms with Crippen molar-refractivity contribution in [2.24, 2.45) is 0 Å².